The van der Waals surface area contributed by atoms with E-state index in [1.54, 1.807) is 0 Å². The summed E-state index contributed by atoms with van der Waals surface area (Å²) in [7, 11) is 0. The van der Waals surface area contributed by atoms with E-state index in [4.69, 9.17) is 16.3 Å². The van der Waals surface area contributed by atoms with Gasteiger partial charge in [-0.2, -0.15) is 0 Å². The number of carbonyl (C=O) groups excluding carboxylic acids is 1. The van der Waals surface area contributed by atoms with Gasteiger partial charge in [-0.1, -0.05) is 35.9 Å². The summed E-state index contributed by atoms with van der Waals surface area (Å²) >= 11 is 6.19. The minimum Gasteiger partial charge on any atom is -0.488 e. The second-order valence-corrected chi connectivity index (χ2v) is 7.53. The third kappa shape index (κ3) is 6.24. The molecule has 0 radical (unpaired) electrons. The Hall–Kier alpha value is -2.08. The summed E-state index contributed by atoms with van der Waals surface area (Å²) in [4.78, 5) is 15.2. The van der Waals surface area contributed by atoms with Crippen LogP contribution in [0.4, 0.5) is 5.69 Å². The van der Waals surface area contributed by atoms with Gasteiger partial charge in [-0.3, -0.25) is 4.79 Å². The Morgan fingerprint density at radius 2 is 1.78 bits per heavy atom. The molecule has 0 spiro atoms. The van der Waals surface area contributed by atoms with Gasteiger partial charge < -0.3 is 19.9 Å². The number of halogens is 1. The van der Waals surface area contributed by atoms with E-state index >= 15 is 0 Å². The first-order valence-corrected chi connectivity index (χ1v) is 9.89. The molecule has 2 aromatic rings. The van der Waals surface area contributed by atoms with Gasteiger partial charge in [0.2, 0.25) is 0 Å². The van der Waals surface area contributed by atoms with Crippen molar-refractivity contribution in [2.75, 3.05) is 51.2 Å². The van der Waals surface area contributed by atoms with Gasteiger partial charge >= 0.3 is 0 Å². The fourth-order valence-corrected chi connectivity index (χ4v) is 3.64. The quantitative estimate of drug-likeness (QED) is 0.644. The number of piperazine rings is 1. The van der Waals surface area contributed by atoms with Crippen molar-refractivity contribution in [1.82, 2.24) is 0 Å². The van der Waals surface area contributed by atoms with E-state index in [0.717, 1.165) is 50.6 Å². The monoisotopic (exact) mass is 389 g/mol. The molecule has 0 atom stereocenters. The fraction of sp³-hybridized carbons (Fsp3) is 0.381. The minimum absolute atomic E-state index is 0.0200. The highest BCUT2D eigenvalue weighted by Gasteiger charge is 2.24. The number of nitrogens with one attached hydrogen (secondary N) is 3. The molecular formula is C21H28ClN3O2+2. The fourth-order valence-electron chi connectivity index (χ4n) is 3.36. The SMILES string of the molecule is Cc1ccc(NC(=O)C[NH+]2CC[NH+](CCOc3ccccc3)CC2)c(Cl)c1. The minimum atomic E-state index is 0.0200. The number of rotatable bonds is 7. The van der Waals surface area contributed by atoms with Crippen molar-refractivity contribution in [3.8, 4) is 5.75 Å². The zero-order chi connectivity index (χ0) is 19.1. The molecule has 1 saturated heterocycles. The van der Waals surface area contributed by atoms with Crippen LogP contribution in [0.1, 0.15) is 5.56 Å². The highest BCUT2D eigenvalue weighted by Crippen LogP contribution is 2.22. The lowest BCUT2D eigenvalue weighted by molar-refractivity contribution is -1.01. The normalized spacial score (nSPS) is 19.5. The number of para-hydroxylation sites is 1. The van der Waals surface area contributed by atoms with E-state index in [2.05, 4.69) is 5.32 Å². The van der Waals surface area contributed by atoms with Gasteiger partial charge in [0, 0.05) is 0 Å². The van der Waals surface area contributed by atoms with E-state index in [1.165, 1.54) is 9.80 Å². The number of quaternary nitrogens is 2. The summed E-state index contributed by atoms with van der Waals surface area (Å²) in [6.07, 6.45) is 0. The smallest absolute Gasteiger partial charge is 0.279 e. The lowest BCUT2D eigenvalue weighted by atomic mass is 10.2. The van der Waals surface area contributed by atoms with Crippen molar-refractivity contribution in [2.45, 2.75) is 6.92 Å². The molecule has 3 rings (SSSR count). The van der Waals surface area contributed by atoms with Gasteiger partial charge in [-0.15, -0.1) is 0 Å². The molecule has 6 heteroatoms. The third-order valence-electron chi connectivity index (χ3n) is 4.94. The molecule has 5 nitrogen and oxygen atoms in total. The van der Waals surface area contributed by atoms with Gasteiger partial charge in [-0.05, 0) is 36.8 Å². The summed E-state index contributed by atoms with van der Waals surface area (Å²) in [6, 6.07) is 15.6. The van der Waals surface area contributed by atoms with Crippen molar-refractivity contribution < 1.29 is 19.3 Å². The number of hydrogen-bond donors (Lipinski definition) is 3. The van der Waals surface area contributed by atoms with Crippen molar-refractivity contribution in [3.63, 3.8) is 0 Å². The van der Waals surface area contributed by atoms with Crippen LogP contribution in [0.25, 0.3) is 0 Å². The van der Waals surface area contributed by atoms with Crippen molar-refractivity contribution in [1.29, 1.82) is 0 Å². The van der Waals surface area contributed by atoms with Crippen molar-refractivity contribution >= 4 is 23.2 Å². The molecule has 1 amide bonds. The summed E-state index contributed by atoms with van der Waals surface area (Å²) in [5.74, 6) is 0.944. The number of ether oxygens (including phenoxy) is 1. The molecule has 0 aliphatic carbocycles. The average molecular weight is 390 g/mol. The zero-order valence-electron chi connectivity index (χ0n) is 15.8. The van der Waals surface area contributed by atoms with Gasteiger partial charge in [0.1, 0.15) is 45.1 Å². The summed E-state index contributed by atoms with van der Waals surface area (Å²) in [6.45, 7) is 8.30. The highest BCUT2D eigenvalue weighted by atomic mass is 35.5. The van der Waals surface area contributed by atoms with Crippen LogP contribution < -0.4 is 19.9 Å². The predicted octanol–water partition coefficient (Wildman–Crippen LogP) is 0.449. The van der Waals surface area contributed by atoms with Gasteiger partial charge in [-0.25, -0.2) is 0 Å². The van der Waals surface area contributed by atoms with E-state index < -0.39 is 0 Å². The second kappa shape index (κ2) is 9.74. The largest absolute Gasteiger partial charge is 0.488 e. The Morgan fingerprint density at radius 1 is 1.07 bits per heavy atom. The molecule has 144 valence electrons. The Labute approximate surface area is 165 Å². The average Bonchev–Trinajstić information content (AvgIpc) is 2.66. The molecule has 0 bridgehead atoms. The molecule has 2 aromatic carbocycles. The third-order valence-corrected chi connectivity index (χ3v) is 5.25. The highest BCUT2D eigenvalue weighted by molar-refractivity contribution is 6.33. The number of amides is 1. The van der Waals surface area contributed by atoms with E-state index in [0.29, 0.717) is 17.3 Å². The topological polar surface area (TPSA) is 47.2 Å². The Morgan fingerprint density at radius 3 is 2.48 bits per heavy atom. The van der Waals surface area contributed by atoms with Crippen molar-refractivity contribution in [2.24, 2.45) is 0 Å². The molecule has 1 aliphatic rings. The molecule has 0 aromatic heterocycles. The van der Waals surface area contributed by atoms with Crippen LogP contribution in [0.15, 0.2) is 48.5 Å². The number of hydrogen-bond acceptors (Lipinski definition) is 2. The Balaban J connectivity index is 1.35. The van der Waals surface area contributed by atoms with E-state index in [-0.39, 0.29) is 5.91 Å². The van der Waals surface area contributed by atoms with E-state index in [9.17, 15) is 4.79 Å². The van der Waals surface area contributed by atoms with Crippen LogP contribution >= 0.6 is 11.6 Å². The summed E-state index contributed by atoms with van der Waals surface area (Å²) in [5.41, 5.74) is 1.77. The lowest BCUT2D eigenvalue weighted by Crippen LogP contribution is -3.28. The van der Waals surface area contributed by atoms with Crippen LogP contribution in [-0.2, 0) is 4.79 Å². The maximum atomic E-state index is 12.3. The maximum absolute atomic E-state index is 12.3. The molecule has 1 fully saturated rings. The first kappa shape index (κ1) is 19.7. The second-order valence-electron chi connectivity index (χ2n) is 7.12. The number of carbonyl (C=O) groups is 1. The summed E-state index contributed by atoms with van der Waals surface area (Å²) in [5, 5.41) is 3.52. The van der Waals surface area contributed by atoms with Gasteiger partial charge in [0.05, 0.1) is 10.7 Å². The standard InChI is InChI=1S/C21H26ClN3O2/c1-17-7-8-20(19(22)15-17)23-21(26)16-25-11-9-24(10-12-25)13-14-27-18-5-3-2-4-6-18/h2-8,15H,9-14,16H2,1H3,(H,23,26)/p+2. The first-order chi connectivity index (χ1) is 13.1. The van der Waals surface area contributed by atoms with Gasteiger partial charge in [0.15, 0.2) is 6.54 Å². The molecule has 1 heterocycles. The lowest BCUT2D eigenvalue weighted by Gasteiger charge is -2.29. The number of benzene rings is 2. The van der Waals surface area contributed by atoms with E-state index in [1.807, 2.05) is 55.5 Å². The van der Waals surface area contributed by atoms with Gasteiger partial charge in [0.25, 0.3) is 5.91 Å². The Kier molecular flexibility index (Phi) is 7.10. The molecular weight excluding hydrogens is 362 g/mol. The van der Waals surface area contributed by atoms with Crippen LogP contribution in [0.5, 0.6) is 5.75 Å². The van der Waals surface area contributed by atoms with Crippen molar-refractivity contribution in [3.05, 3.63) is 59.1 Å². The van der Waals surface area contributed by atoms with Crippen LogP contribution in [0.3, 0.4) is 0 Å². The molecule has 0 saturated carbocycles. The maximum Gasteiger partial charge on any atom is 0.279 e. The summed E-state index contributed by atoms with van der Waals surface area (Å²) < 4.78 is 5.78. The number of aryl methyl sites for hydroxylation is 1. The molecule has 1 aliphatic heterocycles. The molecule has 3 N–H and O–H groups in total. The Bertz CT molecular complexity index is 746. The van der Waals surface area contributed by atoms with Crippen LogP contribution in [-0.4, -0.2) is 51.8 Å². The first-order valence-electron chi connectivity index (χ1n) is 9.51. The van der Waals surface area contributed by atoms with Crippen LogP contribution in [0.2, 0.25) is 5.02 Å². The zero-order valence-corrected chi connectivity index (χ0v) is 16.5. The number of anilines is 1. The predicted molar refractivity (Wildman–Crippen MR) is 108 cm³/mol. The molecule has 27 heavy (non-hydrogen) atoms. The molecule has 0 unspecified atom stereocenters. The van der Waals surface area contributed by atoms with Crippen LogP contribution in [0, 0.1) is 6.92 Å².